The van der Waals surface area contributed by atoms with Crippen LogP contribution in [-0.2, 0) is 14.3 Å². The zero-order chi connectivity index (χ0) is 15.8. The number of amides is 2. The number of ether oxygens (including phenoxy) is 1. The van der Waals surface area contributed by atoms with Gasteiger partial charge in [0.2, 0.25) is 5.91 Å². The Hall–Kier alpha value is -1.79. The van der Waals surface area contributed by atoms with Gasteiger partial charge in [0.15, 0.2) is 0 Å². The smallest absolute Gasteiger partial charge is 0.408 e. The van der Waals surface area contributed by atoms with Crippen molar-refractivity contribution in [2.24, 2.45) is 0 Å². The molecule has 0 rings (SSSR count). The van der Waals surface area contributed by atoms with Crippen LogP contribution in [0.15, 0.2) is 0 Å². The summed E-state index contributed by atoms with van der Waals surface area (Å²) < 4.78 is 5.08. The van der Waals surface area contributed by atoms with Crippen LogP contribution in [0.5, 0.6) is 0 Å². The lowest BCUT2D eigenvalue weighted by Crippen LogP contribution is -2.49. The van der Waals surface area contributed by atoms with Gasteiger partial charge in [-0.15, -0.1) is 0 Å². The quantitative estimate of drug-likeness (QED) is 0.654. The maximum Gasteiger partial charge on any atom is 0.408 e. The first-order valence-electron chi connectivity index (χ1n) is 6.64. The number of carboxylic acid groups (broad SMARTS) is 1. The average molecular weight is 288 g/mol. The first-order valence-corrected chi connectivity index (χ1v) is 6.64. The van der Waals surface area contributed by atoms with Crippen LogP contribution in [0.1, 0.15) is 47.0 Å². The van der Waals surface area contributed by atoms with Gasteiger partial charge in [0.1, 0.15) is 18.2 Å². The minimum Gasteiger partial charge on any atom is -0.480 e. The highest BCUT2D eigenvalue weighted by molar-refractivity contribution is 5.87. The van der Waals surface area contributed by atoms with Gasteiger partial charge >= 0.3 is 12.1 Å². The first-order chi connectivity index (χ1) is 9.15. The normalized spacial score (nSPS) is 12.4. The van der Waals surface area contributed by atoms with E-state index in [4.69, 9.17) is 9.84 Å². The molecule has 0 spiro atoms. The molecule has 0 aliphatic carbocycles. The molecule has 0 aromatic rings. The molecular formula is C13H24N2O5. The highest BCUT2D eigenvalue weighted by Gasteiger charge is 2.24. The lowest BCUT2D eigenvalue weighted by molar-refractivity contribution is -0.138. The molecule has 0 unspecified atom stereocenters. The molecule has 0 aliphatic rings. The number of carbonyl (C=O) groups excluding carboxylic acids is 2. The van der Waals surface area contributed by atoms with Crippen molar-refractivity contribution in [3.8, 4) is 0 Å². The Morgan fingerprint density at radius 2 is 1.85 bits per heavy atom. The Bertz CT molecular complexity index is 349. The summed E-state index contributed by atoms with van der Waals surface area (Å²) in [6.45, 7) is 6.64. The predicted octanol–water partition coefficient (Wildman–Crippen LogP) is 1.27. The van der Waals surface area contributed by atoms with Crippen molar-refractivity contribution in [1.82, 2.24) is 10.6 Å². The second-order valence-electron chi connectivity index (χ2n) is 5.45. The van der Waals surface area contributed by atoms with Gasteiger partial charge in [-0.25, -0.2) is 4.79 Å². The number of carboxylic acids is 1. The highest BCUT2D eigenvalue weighted by atomic mass is 16.6. The van der Waals surface area contributed by atoms with E-state index in [1.807, 2.05) is 6.92 Å². The minimum atomic E-state index is -1.13. The lowest BCUT2D eigenvalue weighted by Gasteiger charge is -2.23. The van der Waals surface area contributed by atoms with Gasteiger partial charge in [0.05, 0.1) is 0 Å². The van der Waals surface area contributed by atoms with Crippen LogP contribution in [0.25, 0.3) is 0 Å². The maximum atomic E-state index is 11.8. The van der Waals surface area contributed by atoms with Crippen molar-refractivity contribution in [2.75, 3.05) is 6.54 Å². The Balaban J connectivity index is 4.50. The topological polar surface area (TPSA) is 105 Å². The van der Waals surface area contributed by atoms with Crippen molar-refractivity contribution in [2.45, 2.75) is 58.6 Å². The van der Waals surface area contributed by atoms with Crippen molar-refractivity contribution < 1.29 is 24.2 Å². The molecule has 0 aromatic heterocycles. The molecule has 0 heterocycles. The molecule has 7 nitrogen and oxygen atoms in total. The SMILES string of the molecule is CCCC[C@H](NC(=O)OC(C)(C)C)C(=O)NCC(=O)O. The van der Waals surface area contributed by atoms with Gasteiger partial charge in [-0.3, -0.25) is 9.59 Å². The molecule has 0 aromatic carbocycles. The molecule has 0 bridgehead atoms. The Morgan fingerprint density at radius 3 is 2.30 bits per heavy atom. The average Bonchev–Trinajstić information content (AvgIpc) is 2.28. The summed E-state index contributed by atoms with van der Waals surface area (Å²) in [4.78, 5) is 33.9. The molecule has 3 N–H and O–H groups in total. The zero-order valence-corrected chi connectivity index (χ0v) is 12.5. The number of alkyl carbamates (subject to hydrolysis) is 1. The number of nitrogens with one attached hydrogen (secondary N) is 2. The van der Waals surface area contributed by atoms with Gasteiger partial charge in [0.25, 0.3) is 0 Å². The lowest BCUT2D eigenvalue weighted by atomic mass is 10.1. The Labute approximate surface area is 119 Å². The van der Waals surface area contributed by atoms with Crippen LogP contribution >= 0.6 is 0 Å². The van der Waals surface area contributed by atoms with Gasteiger partial charge < -0.3 is 20.5 Å². The third-order valence-corrected chi connectivity index (χ3v) is 2.27. The molecule has 0 radical (unpaired) electrons. The van der Waals surface area contributed by atoms with Crippen molar-refractivity contribution in [3.05, 3.63) is 0 Å². The summed E-state index contributed by atoms with van der Waals surface area (Å²) in [7, 11) is 0. The predicted molar refractivity (Wildman–Crippen MR) is 73.3 cm³/mol. The summed E-state index contributed by atoms with van der Waals surface area (Å²) in [5.41, 5.74) is -0.656. The fraction of sp³-hybridized carbons (Fsp3) is 0.769. The molecule has 116 valence electrons. The summed E-state index contributed by atoms with van der Waals surface area (Å²) in [5, 5.41) is 13.2. The molecule has 7 heteroatoms. The van der Waals surface area contributed by atoms with E-state index in [1.165, 1.54) is 0 Å². The van der Waals surface area contributed by atoms with Crippen LogP contribution in [0.2, 0.25) is 0 Å². The number of hydrogen-bond donors (Lipinski definition) is 3. The third kappa shape index (κ3) is 9.18. The highest BCUT2D eigenvalue weighted by Crippen LogP contribution is 2.08. The summed E-state index contributed by atoms with van der Waals surface area (Å²) >= 11 is 0. The molecular weight excluding hydrogens is 264 g/mol. The summed E-state index contributed by atoms with van der Waals surface area (Å²) in [6, 6.07) is -0.788. The van der Waals surface area contributed by atoms with Gasteiger partial charge in [0, 0.05) is 0 Å². The summed E-state index contributed by atoms with van der Waals surface area (Å²) in [6.07, 6.45) is 1.34. The van der Waals surface area contributed by atoms with E-state index in [2.05, 4.69) is 10.6 Å². The van der Waals surface area contributed by atoms with E-state index < -0.39 is 36.2 Å². The van der Waals surface area contributed by atoms with E-state index in [0.29, 0.717) is 6.42 Å². The number of hydrogen-bond acceptors (Lipinski definition) is 4. The van der Waals surface area contributed by atoms with Crippen LogP contribution in [-0.4, -0.2) is 41.3 Å². The van der Waals surface area contributed by atoms with Crippen molar-refractivity contribution >= 4 is 18.0 Å². The van der Waals surface area contributed by atoms with Crippen molar-refractivity contribution in [1.29, 1.82) is 0 Å². The van der Waals surface area contributed by atoms with Crippen LogP contribution in [0.3, 0.4) is 0 Å². The van der Waals surface area contributed by atoms with Gasteiger partial charge in [-0.05, 0) is 27.2 Å². The zero-order valence-electron chi connectivity index (χ0n) is 12.5. The number of unbranched alkanes of at least 4 members (excludes halogenated alkanes) is 1. The second kappa shape index (κ2) is 8.39. The first kappa shape index (κ1) is 18.2. The third-order valence-electron chi connectivity index (χ3n) is 2.27. The standard InChI is InChI=1S/C13H24N2O5/c1-5-6-7-9(11(18)14-8-10(16)17)15-12(19)20-13(2,3)4/h9H,5-8H2,1-4H3,(H,14,18)(H,15,19)(H,16,17)/t9-/m0/s1. The van der Waals surface area contributed by atoms with E-state index in [-0.39, 0.29) is 0 Å². The van der Waals surface area contributed by atoms with E-state index >= 15 is 0 Å². The monoisotopic (exact) mass is 288 g/mol. The fourth-order valence-electron chi connectivity index (χ4n) is 1.41. The molecule has 0 saturated heterocycles. The van der Waals surface area contributed by atoms with Crippen LogP contribution in [0.4, 0.5) is 4.79 Å². The Kier molecular flexibility index (Phi) is 7.64. The molecule has 2 amide bonds. The molecule has 0 fully saturated rings. The number of aliphatic carboxylic acids is 1. The van der Waals surface area contributed by atoms with E-state index in [0.717, 1.165) is 12.8 Å². The molecule has 20 heavy (non-hydrogen) atoms. The van der Waals surface area contributed by atoms with Crippen LogP contribution in [0, 0.1) is 0 Å². The van der Waals surface area contributed by atoms with E-state index in [9.17, 15) is 14.4 Å². The summed E-state index contributed by atoms with van der Waals surface area (Å²) in [5.74, 6) is -1.66. The molecule has 1 atom stereocenters. The molecule has 0 aliphatic heterocycles. The van der Waals surface area contributed by atoms with Gasteiger partial charge in [-0.1, -0.05) is 19.8 Å². The second-order valence-corrected chi connectivity index (χ2v) is 5.45. The van der Waals surface area contributed by atoms with Crippen LogP contribution < -0.4 is 10.6 Å². The van der Waals surface area contributed by atoms with E-state index in [1.54, 1.807) is 20.8 Å². The number of rotatable bonds is 7. The minimum absolute atomic E-state index is 0.432. The number of carbonyl (C=O) groups is 3. The Morgan fingerprint density at radius 1 is 1.25 bits per heavy atom. The maximum absolute atomic E-state index is 11.8. The molecule has 0 saturated carbocycles. The fourth-order valence-corrected chi connectivity index (χ4v) is 1.41. The largest absolute Gasteiger partial charge is 0.480 e. The van der Waals surface area contributed by atoms with Crippen molar-refractivity contribution in [3.63, 3.8) is 0 Å². The van der Waals surface area contributed by atoms with Gasteiger partial charge in [-0.2, -0.15) is 0 Å².